The van der Waals surface area contributed by atoms with E-state index in [1.54, 1.807) is 24.3 Å². The van der Waals surface area contributed by atoms with E-state index in [1.807, 2.05) is 54.6 Å². The molecule has 0 aliphatic heterocycles. The van der Waals surface area contributed by atoms with Gasteiger partial charge in [0.1, 0.15) is 23.7 Å². The first-order chi connectivity index (χ1) is 18.4. The molecule has 0 spiro atoms. The summed E-state index contributed by atoms with van der Waals surface area (Å²) in [5.41, 5.74) is -0.254. The molecule has 0 bridgehead atoms. The van der Waals surface area contributed by atoms with Gasteiger partial charge < -0.3 is 13.9 Å². The Bertz CT molecular complexity index is 1870. The van der Waals surface area contributed by atoms with E-state index < -0.39 is 23.1 Å². The SMILES string of the molecule is O=c1c(Oc2ccc3ccccc3c2)c(C(F)(F)F)oc2cc(OCc3cccc4ccccc34)ccc12. The minimum atomic E-state index is -4.96. The molecule has 0 N–H and O–H groups in total. The highest BCUT2D eigenvalue weighted by Crippen LogP contribution is 2.39. The number of ether oxygens (including phenoxy) is 2. The van der Waals surface area contributed by atoms with Gasteiger partial charge in [-0.2, -0.15) is 13.2 Å². The maximum absolute atomic E-state index is 14.0. The van der Waals surface area contributed by atoms with Crippen LogP contribution in [-0.2, 0) is 12.8 Å². The zero-order chi connectivity index (χ0) is 26.3. The number of hydrogen-bond acceptors (Lipinski definition) is 4. The molecule has 1 aromatic heterocycles. The van der Waals surface area contributed by atoms with Gasteiger partial charge >= 0.3 is 6.18 Å². The first-order valence-electron chi connectivity index (χ1n) is 11.8. The van der Waals surface area contributed by atoms with Crippen molar-refractivity contribution in [2.24, 2.45) is 0 Å². The van der Waals surface area contributed by atoms with Gasteiger partial charge in [-0.15, -0.1) is 0 Å². The predicted octanol–water partition coefficient (Wildman–Crippen LogP) is 8.49. The molecule has 0 aliphatic carbocycles. The van der Waals surface area contributed by atoms with Gasteiger partial charge in [-0.1, -0.05) is 72.8 Å². The third-order valence-electron chi connectivity index (χ3n) is 6.29. The van der Waals surface area contributed by atoms with Gasteiger partial charge in [-0.05, 0) is 51.4 Å². The topological polar surface area (TPSA) is 48.7 Å². The molecule has 188 valence electrons. The maximum Gasteiger partial charge on any atom is 0.453 e. The minimum absolute atomic E-state index is 0.0497. The van der Waals surface area contributed by atoms with Crippen molar-refractivity contribution in [3.8, 4) is 17.2 Å². The quantitative estimate of drug-likeness (QED) is 0.232. The zero-order valence-electron chi connectivity index (χ0n) is 19.8. The van der Waals surface area contributed by atoms with Gasteiger partial charge in [0.2, 0.25) is 11.2 Å². The summed E-state index contributed by atoms with van der Waals surface area (Å²) in [7, 11) is 0. The molecule has 0 atom stereocenters. The number of fused-ring (bicyclic) bond motifs is 3. The van der Waals surface area contributed by atoms with Gasteiger partial charge in [0.25, 0.3) is 5.76 Å². The van der Waals surface area contributed by atoms with Gasteiger partial charge in [0, 0.05) is 6.07 Å². The van der Waals surface area contributed by atoms with Crippen LogP contribution in [0, 0.1) is 0 Å². The molecule has 0 radical (unpaired) electrons. The summed E-state index contributed by atoms with van der Waals surface area (Å²) in [6.07, 6.45) is -4.96. The fourth-order valence-electron chi connectivity index (χ4n) is 4.45. The third kappa shape index (κ3) is 4.43. The number of alkyl halides is 3. The van der Waals surface area contributed by atoms with E-state index in [0.717, 1.165) is 27.1 Å². The summed E-state index contributed by atoms with van der Waals surface area (Å²) in [5, 5.41) is 3.66. The van der Waals surface area contributed by atoms with Crippen LogP contribution in [0.15, 0.2) is 112 Å². The van der Waals surface area contributed by atoms with Gasteiger partial charge in [0.15, 0.2) is 0 Å². The Hall–Kier alpha value is -4.78. The van der Waals surface area contributed by atoms with Crippen LogP contribution in [0.2, 0.25) is 0 Å². The Morgan fingerprint density at radius 1 is 0.684 bits per heavy atom. The summed E-state index contributed by atoms with van der Waals surface area (Å²) in [6, 6.07) is 29.9. The summed E-state index contributed by atoms with van der Waals surface area (Å²) < 4.78 is 58.6. The van der Waals surface area contributed by atoms with E-state index >= 15 is 0 Å². The van der Waals surface area contributed by atoms with Crippen molar-refractivity contribution < 1.29 is 27.1 Å². The molecular weight excluding hydrogens is 493 g/mol. The van der Waals surface area contributed by atoms with E-state index in [9.17, 15) is 18.0 Å². The molecule has 0 amide bonds. The van der Waals surface area contributed by atoms with Crippen molar-refractivity contribution in [2.45, 2.75) is 12.8 Å². The van der Waals surface area contributed by atoms with Crippen LogP contribution in [0.1, 0.15) is 11.3 Å². The lowest BCUT2D eigenvalue weighted by Gasteiger charge is -2.14. The summed E-state index contributed by atoms with van der Waals surface area (Å²) in [6.45, 7) is 0.187. The molecule has 0 fully saturated rings. The number of hydrogen-bond donors (Lipinski definition) is 0. The van der Waals surface area contributed by atoms with E-state index in [2.05, 4.69) is 0 Å². The fraction of sp³-hybridized carbons (Fsp3) is 0.0645. The molecule has 6 rings (SSSR count). The molecule has 4 nitrogen and oxygen atoms in total. The van der Waals surface area contributed by atoms with Crippen molar-refractivity contribution >= 4 is 32.5 Å². The minimum Gasteiger partial charge on any atom is -0.489 e. The summed E-state index contributed by atoms with van der Waals surface area (Å²) in [5.74, 6) is -2.06. The highest BCUT2D eigenvalue weighted by molar-refractivity contribution is 5.86. The molecule has 7 heteroatoms. The van der Waals surface area contributed by atoms with Crippen LogP contribution in [0.3, 0.4) is 0 Å². The van der Waals surface area contributed by atoms with Crippen LogP contribution >= 0.6 is 0 Å². The van der Waals surface area contributed by atoms with Crippen LogP contribution in [0.4, 0.5) is 13.2 Å². The van der Waals surface area contributed by atoms with Gasteiger partial charge in [-0.3, -0.25) is 4.79 Å². The molecular formula is C31H19F3O4. The number of benzene rings is 5. The average molecular weight is 512 g/mol. The van der Waals surface area contributed by atoms with Crippen molar-refractivity contribution in [2.75, 3.05) is 0 Å². The molecule has 5 aromatic carbocycles. The second-order valence-corrected chi connectivity index (χ2v) is 8.78. The van der Waals surface area contributed by atoms with Crippen molar-refractivity contribution in [1.29, 1.82) is 0 Å². The monoisotopic (exact) mass is 512 g/mol. The lowest BCUT2D eigenvalue weighted by atomic mass is 10.1. The Labute approximate surface area is 214 Å². The molecule has 0 unspecified atom stereocenters. The van der Waals surface area contributed by atoms with Crippen molar-refractivity contribution in [1.82, 2.24) is 0 Å². The van der Waals surface area contributed by atoms with Crippen LogP contribution in [0.25, 0.3) is 32.5 Å². The summed E-state index contributed by atoms with van der Waals surface area (Å²) >= 11 is 0. The zero-order valence-corrected chi connectivity index (χ0v) is 19.8. The standard InChI is InChI=1S/C31H19F3O4/c32-31(33,34)30-29(37-24-13-12-19-6-1-2-8-21(19)16-24)28(35)26-15-14-23(17-27(26)38-30)36-18-22-10-5-9-20-7-3-4-11-25(20)22/h1-17H,18H2. The van der Waals surface area contributed by atoms with Crippen molar-refractivity contribution in [3.05, 3.63) is 125 Å². The highest BCUT2D eigenvalue weighted by atomic mass is 19.4. The largest absolute Gasteiger partial charge is 0.489 e. The third-order valence-corrected chi connectivity index (χ3v) is 6.29. The van der Waals surface area contributed by atoms with E-state index in [-0.39, 0.29) is 29.1 Å². The molecule has 0 saturated carbocycles. The van der Waals surface area contributed by atoms with E-state index in [1.165, 1.54) is 24.3 Å². The Kier molecular flexibility index (Phi) is 5.76. The van der Waals surface area contributed by atoms with E-state index in [4.69, 9.17) is 13.9 Å². The summed E-state index contributed by atoms with van der Waals surface area (Å²) in [4.78, 5) is 13.2. The first kappa shape index (κ1) is 23.6. The fourth-order valence-corrected chi connectivity index (χ4v) is 4.45. The lowest BCUT2D eigenvalue weighted by molar-refractivity contribution is -0.154. The van der Waals surface area contributed by atoms with Gasteiger partial charge in [0.05, 0.1) is 5.39 Å². The van der Waals surface area contributed by atoms with E-state index in [0.29, 0.717) is 0 Å². The van der Waals surface area contributed by atoms with Crippen molar-refractivity contribution in [3.63, 3.8) is 0 Å². The molecule has 1 heterocycles. The second-order valence-electron chi connectivity index (χ2n) is 8.78. The normalized spacial score (nSPS) is 11.8. The molecule has 0 aliphatic rings. The Balaban J connectivity index is 1.36. The Morgan fingerprint density at radius 2 is 1.39 bits per heavy atom. The number of halogens is 3. The number of rotatable bonds is 5. The average Bonchev–Trinajstić information content (AvgIpc) is 2.92. The Morgan fingerprint density at radius 3 is 2.21 bits per heavy atom. The van der Waals surface area contributed by atoms with Crippen LogP contribution in [0.5, 0.6) is 17.2 Å². The van der Waals surface area contributed by atoms with Crippen LogP contribution < -0.4 is 14.9 Å². The second kappa shape index (κ2) is 9.27. The lowest BCUT2D eigenvalue weighted by Crippen LogP contribution is -2.15. The highest BCUT2D eigenvalue weighted by Gasteiger charge is 2.40. The molecule has 6 aromatic rings. The first-order valence-corrected chi connectivity index (χ1v) is 11.8. The van der Waals surface area contributed by atoms with Crippen LogP contribution in [-0.4, -0.2) is 0 Å². The maximum atomic E-state index is 14.0. The molecule has 0 saturated heterocycles. The van der Waals surface area contributed by atoms with Gasteiger partial charge in [-0.25, -0.2) is 0 Å². The smallest absolute Gasteiger partial charge is 0.453 e. The molecule has 38 heavy (non-hydrogen) atoms. The predicted molar refractivity (Wildman–Crippen MR) is 140 cm³/mol.